The minimum Gasteiger partial charge on any atom is -0.377 e. The minimum atomic E-state index is -0.781. The molecule has 0 saturated carbocycles. The Bertz CT molecular complexity index is 526. The third kappa shape index (κ3) is 3.05. The molecular formula is C11H11BrClN3O3. The topological polar surface area (TPSA) is 85.5 Å². The molecule has 2 heterocycles. The minimum absolute atomic E-state index is 0.0860. The van der Waals surface area contributed by atoms with Gasteiger partial charge in [-0.1, -0.05) is 11.6 Å². The van der Waals surface area contributed by atoms with Crippen molar-refractivity contribution in [1.82, 2.24) is 9.88 Å². The van der Waals surface area contributed by atoms with Gasteiger partial charge in [0.15, 0.2) is 0 Å². The largest absolute Gasteiger partial charge is 0.377 e. The van der Waals surface area contributed by atoms with Crippen LogP contribution in [-0.4, -0.2) is 47.5 Å². The van der Waals surface area contributed by atoms with Crippen LogP contribution in [0.15, 0.2) is 16.7 Å². The molecule has 0 aliphatic carbocycles. The number of nitrogens with two attached hydrogens (primary N) is 1. The number of morpholine rings is 1. The molecule has 0 spiro atoms. The predicted octanol–water partition coefficient (Wildman–Crippen LogP) is 0.824. The lowest BCUT2D eigenvalue weighted by Crippen LogP contribution is -2.54. The number of halogens is 2. The van der Waals surface area contributed by atoms with E-state index in [4.69, 9.17) is 22.1 Å². The van der Waals surface area contributed by atoms with Crippen LogP contribution in [0, 0.1) is 0 Å². The maximum Gasteiger partial charge on any atom is 0.257 e. The molecule has 0 aromatic carbocycles. The summed E-state index contributed by atoms with van der Waals surface area (Å²) >= 11 is 9.14. The third-order valence-corrected chi connectivity index (χ3v) is 3.49. The molecule has 1 aromatic heterocycles. The second kappa shape index (κ2) is 5.85. The Morgan fingerprint density at radius 3 is 3.00 bits per heavy atom. The number of rotatable bonds is 2. The summed E-state index contributed by atoms with van der Waals surface area (Å²) in [7, 11) is 0. The van der Waals surface area contributed by atoms with Crippen molar-refractivity contribution in [3.8, 4) is 0 Å². The smallest absolute Gasteiger partial charge is 0.257 e. The van der Waals surface area contributed by atoms with E-state index >= 15 is 0 Å². The monoisotopic (exact) mass is 347 g/mol. The van der Waals surface area contributed by atoms with Crippen molar-refractivity contribution in [1.29, 1.82) is 0 Å². The number of hydrogen-bond donors (Lipinski definition) is 1. The van der Waals surface area contributed by atoms with Crippen molar-refractivity contribution in [2.45, 2.75) is 6.04 Å². The number of aromatic nitrogens is 1. The van der Waals surface area contributed by atoms with Crippen molar-refractivity contribution in [3.63, 3.8) is 0 Å². The van der Waals surface area contributed by atoms with Gasteiger partial charge < -0.3 is 15.4 Å². The number of carbonyl (C=O) groups is 2. The van der Waals surface area contributed by atoms with Crippen molar-refractivity contribution in [2.24, 2.45) is 5.73 Å². The van der Waals surface area contributed by atoms with Gasteiger partial charge in [0, 0.05) is 17.2 Å². The molecule has 2 N–H and O–H groups in total. The van der Waals surface area contributed by atoms with E-state index in [9.17, 15) is 9.59 Å². The van der Waals surface area contributed by atoms with E-state index in [-0.39, 0.29) is 29.8 Å². The van der Waals surface area contributed by atoms with Crippen LogP contribution in [0.3, 0.4) is 0 Å². The van der Waals surface area contributed by atoms with Gasteiger partial charge in [0.25, 0.3) is 5.91 Å². The van der Waals surface area contributed by atoms with Crippen LogP contribution in [-0.2, 0) is 9.53 Å². The fraction of sp³-hybridized carbons (Fsp3) is 0.364. The first kappa shape index (κ1) is 14.2. The van der Waals surface area contributed by atoms with Crippen LogP contribution < -0.4 is 5.73 Å². The molecule has 6 nitrogen and oxygen atoms in total. The molecule has 1 unspecified atom stereocenters. The Balaban J connectivity index is 2.31. The predicted molar refractivity (Wildman–Crippen MR) is 71.8 cm³/mol. The van der Waals surface area contributed by atoms with Crippen LogP contribution in [0.5, 0.6) is 0 Å². The lowest BCUT2D eigenvalue weighted by molar-refractivity contribution is -0.127. The van der Waals surface area contributed by atoms with Crippen LogP contribution in [0.1, 0.15) is 10.4 Å². The highest BCUT2D eigenvalue weighted by atomic mass is 79.9. The van der Waals surface area contributed by atoms with Gasteiger partial charge in [-0.25, -0.2) is 4.98 Å². The summed E-state index contributed by atoms with van der Waals surface area (Å²) in [4.78, 5) is 29.0. The van der Waals surface area contributed by atoms with Crippen LogP contribution >= 0.6 is 27.5 Å². The van der Waals surface area contributed by atoms with Gasteiger partial charge in [-0.2, -0.15) is 0 Å². The zero-order valence-corrected chi connectivity index (χ0v) is 12.1. The summed E-state index contributed by atoms with van der Waals surface area (Å²) in [5, 5.41) is 0.0860. The van der Waals surface area contributed by atoms with Crippen molar-refractivity contribution in [2.75, 3.05) is 19.8 Å². The van der Waals surface area contributed by atoms with E-state index in [1.165, 1.54) is 11.1 Å². The molecule has 19 heavy (non-hydrogen) atoms. The molecule has 1 saturated heterocycles. The molecular weight excluding hydrogens is 337 g/mol. The molecule has 1 aromatic rings. The van der Waals surface area contributed by atoms with Crippen molar-refractivity contribution >= 4 is 39.3 Å². The molecule has 102 valence electrons. The van der Waals surface area contributed by atoms with Crippen molar-refractivity contribution < 1.29 is 14.3 Å². The number of ether oxygens (including phenoxy) is 1. The Labute approximate surface area is 123 Å². The van der Waals surface area contributed by atoms with Gasteiger partial charge in [0.1, 0.15) is 11.2 Å². The number of nitrogens with zero attached hydrogens (tertiary/aromatic N) is 2. The zero-order valence-electron chi connectivity index (χ0n) is 9.81. The second-order valence-electron chi connectivity index (χ2n) is 3.98. The Hall–Kier alpha value is -1.18. The number of pyridine rings is 1. The van der Waals surface area contributed by atoms with Crippen LogP contribution in [0.4, 0.5) is 0 Å². The number of hydrogen-bond acceptors (Lipinski definition) is 4. The first-order chi connectivity index (χ1) is 9.00. The summed E-state index contributed by atoms with van der Waals surface area (Å²) < 4.78 is 5.79. The molecule has 1 aliphatic heterocycles. The van der Waals surface area contributed by atoms with E-state index in [1.807, 2.05) is 0 Å². The molecule has 0 bridgehead atoms. The zero-order chi connectivity index (χ0) is 14.0. The van der Waals surface area contributed by atoms with E-state index in [1.54, 1.807) is 6.07 Å². The van der Waals surface area contributed by atoms with E-state index in [0.29, 0.717) is 11.1 Å². The Morgan fingerprint density at radius 2 is 2.32 bits per heavy atom. The molecule has 1 aliphatic rings. The lowest BCUT2D eigenvalue weighted by atomic mass is 10.1. The third-order valence-electron chi connectivity index (χ3n) is 2.75. The fourth-order valence-corrected chi connectivity index (χ4v) is 2.33. The van der Waals surface area contributed by atoms with E-state index in [0.717, 1.165) is 0 Å². The molecule has 8 heteroatoms. The number of primary amides is 1. The Kier molecular flexibility index (Phi) is 4.38. The summed E-state index contributed by atoms with van der Waals surface area (Å²) in [6.07, 6.45) is 1.49. The highest BCUT2D eigenvalue weighted by Crippen LogP contribution is 2.21. The first-order valence-electron chi connectivity index (χ1n) is 5.50. The van der Waals surface area contributed by atoms with Gasteiger partial charge in [-0.15, -0.1) is 0 Å². The summed E-state index contributed by atoms with van der Waals surface area (Å²) in [6, 6.07) is 0.779. The summed E-state index contributed by atoms with van der Waals surface area (Å²) in [5.41, 5.74) is 5.50. The van der Waals surface area contributed by atoms with Gasteiger partial charge >= 0.3 is 0 Å². The number of amides is 2. The van der Waals surface area contributed by atoms with Crippen molar-refractivity contribution in [3.05, 3.63) is 27.5 Å². The average Bonchev–Trinajstić information content (AvgIpc) is 2.40. The fourth-order valence-electron chi connectivity index (χ4n) is 1.81. The van der Waals surface area contributed by atoms with E-state index in [2.05, 4.69) is 20.9 Å². The standard InChI is InChI=1S/C11H11BrClN3O3/c12-6-3-7(9(13)15-4-6)11(18)16-1-2-19-5-8(16)10(14)17/h3-4,8H,1-2,5H2,(H2,14,17). The Morgan fingerprint density at radius 1 is 1.58 bits per heavy atom. The molecule has 2 amide bonds. The maximum atomic E-state index is 12.4. The highest BCUT2D eigenvalue weighted by Gasteiger charge is 2.33. The summed E-state index contributed by atoms with van der Waals surface area (Å²) in [5.74, 6) is -0.988. The normalized spacial score (nSPS) is 19.3. The van der Waals surface area contributed by atoms with Crippen LogP contribution in [0.2, 0.25) is 5.15 Å². The lowest BCUT2D eigenvalue weighted by Gasteiger charge is -2.33. The average molecular weight is 349 g/mol. The maximum absolute atomic E-state index is 12.4. The van der Waals surface area contributed by atoms with E-state index < -0.39 is 11.9 Å². The first-order valence-corrected chi connectivity index (χ1v) is 6.67. The summed E-state index contributed by atoms with van der Waals surface area (Å²) in [6.45, 7) is 0.740. The quantitative estimate of drug-likeness (QED) is 0.802. The van der Waals surface area contributed by atoms with Crippen LogP contribution in [0.25, 0.3) is 0 Å². The second-order valence-corrected chi connectivity index (χ2v) is 5.26. The van der Waals surface area contributed by atoms with Gasteiger partial charge in [-0.3, -0.25) is 9.59 Å². The highest BCUT2D eigenvalue weighted by molar-refractivity contribution is 9.10. The number of carbonyl (C=O) groups excluding carboxylic acids is 2. The molecule has 1 atom stereocenters. The van der Waals surface area contributed by atoms with Gasteiger partial charge in [0.05, 0.1) is 18.8 Å². The molecule has 1 fully saturated rings. The van der Waals surface area contributed by atoms with Gasteiger partial charge in [-0.05, 0) is 22.0 Å². The van der Waals surface area contributed by atoms with Gasteiger partial charge in [0.2, 0.25) is 5.91 Å². The molecule has 2 rings (SSSR count). The molecule has 0 radical (unpaired) electrons. The SMILES string of the molecule is NC(=O)C1COCCN1C(=O)c1cc(Br)cnc1Cl.